The number of halogens is 2. The van der Waals surface area contributed by atoms with Crippen LogP contribution in [0, 0.1) is 29.4 Å². The fraction of sp³-hybridized carbons (Fsp3) is 0.333. The van der Waals surface area contributed by atoms with Gasteiger partial charge in [0, 0.05) is 17.5 Å². The number of Topliss-reactive ketones (excluding diaryl/α,β-unsaturated/α-hetero) is 1. The van der Waals surface area contributed by atoms with Gasteiger partial charge in [0.1, 0.15) is 11.5 Å². The van der Waals surface area contributed by atoms with E-state index >= 15 is 0 Å². The van der Waals surface area contributed by atoms with Gasteiger partial charge in [-0.25, -0.2) is 8.78 Å². The fourth-order valence-electron chi connectivity index (χ4n) is 4.82. The zero-order valence-electron chi connectivity index (χ0n) is 14.1. The van der Waals surface area contributed by atoms with Gasteiger partial charge >= 0.3 is 0 Å². The molecule has 3 saturated carbocycles. The molecule has 0 amide bonds. The molecule has 5 heteroatoms. The van der Waals surface area contributed by atoms with Gasteiger partial charge < -0.3 is 0 Å². The lowest BCUT2D eigenvalue weighted by atomic mass is 9.57. The molecule has 3 aliphatic carbocycles. The number of nitrogens with zero attached hydrogens (tertiary/aromatic N) is 2. The minimum atomic E-state index is -0.637. The number of rotatable bonds is 3. The Kier molecular flexibility index (Phi) is 3.45. The van der Waals surface area contributed by atoms with Gasteiger partial charge in [-0.05, 0) is 43.2 Å². The van der Waals surface area contributed by atoms with Gasteiger partial charge in [-0.15, -0.1) is 0 Å². The Morgan fingerprint density at radius 3 is 2.54 bits per heavy atom. The maximum atomic E-state index is 14.4. The minimum absolute atomic E-state index is 0.0115. The van der Waals surface area contributed by atoms with Gasteiger partial charge in [0.2, 0.25) is 5.78 Å². The molecular weight excluding hydrogens is 334 g/mol. The first-order valence-corrected chi connectivity index (χ1v) is 9.04. The molecule has 3 fully saturated rings. The largest absolute Gasteiger partial charge is 0.287 e. The van der Waals surface area contributed by atoms with Gasteiger partial charge in [0.05, 0.1) is 11.7 Å². The maximum Gasteiger partial charge on any atom is 0.209 e. The normalized spacial score (nSPS) is 29.0. The third-order valence-corrected chi connectivity index (χ3v) is 6.03. The van der Waals surface area contributed by atoms with Gasteiger partial charge in [0.15, 0.2) is 5.82 Å². The SMILES string of the molecule is O=C(C1=NN(c2ccc(F)cc2F)C2C3CC(C3)CC12)c1ccccc1. The molecule has 0 radical (unpaired) electrons. The van der Waals surface area contributed by atoms with Crippen molar-refractivity contribution in [3.8, 4) is 0 Å². The highest BCUT2D eigenvalue weighted by atomic mass is 19.1. The second kappa shape index (κ2) is 5.73. The van der Waals surface area contributed by atoms with Crippen molar-refractivity contribution in [2.75, 3.05) is 5.01 Å². The Labute approximate surface area is 150 Å². The van der Waals surface area contributed by atoms with Crippen LogP contribution in [0.5, 0.6) is 0 Å². The quantitative estimate of drug-likeness (QED) is 0.765. The molecule has 26 heavy (non-hydrogen) atoms. The van der Waals surface area contributed by atoms with E-state index in [0.717, 1.165) is 25.3 Å². The molecule has 0 N–H and O–H groups in total. The second-order valence-electron chi connectivity index (χ2n) is 7.55. The highest BCUT2D eigenvalue weighted by molar-refractivity contribution is 6.47. The third-order valence-electron chi connectivity index (χ3n) is 6.03. The van der Waals surface area contributed by atoms with Crippen LogP contribution in [0.3, 0.4) is 0 Å². The monoisotopic (exact) mass is 352 g/mol. The summed E-state index contributed by atoms with van der Waals surface area (Å²) in [4.78, 5) is 13.0. The van der Waals surface area contributed by atoms with Crippen LogP contribution < -0.4 is 5.01 Å². The molecule has 1 aliphatic heterocycles. The van der Waals surface area contributed by atoms with Crippen LogP contribution in [-0.4, -0.2) is 17.5 Å². The van der Waals surface area contributed by atoms with E-state index in [-0.39, 0.29) is 23.4 Å². The summed E-state index contributed by atoms with van der Waals surface area (Å²) in [5.41, 5.74) is 1.37. The topological polar surface area (TPSA) is 32.7 Å². The van der Waals surface area contributed by atoms with E-state index in [9.17, 15) is 13.6 Å². The number of carbonyl (C=O) groups excluding carboxylic acids is 1. The van der Waals surface area contributed by atoms with Gasteiger partial charge in [-0.3, -0.25) is 9.80 Å². The lowest BCUT2D eigenvalue weighted by Crippen LogP contribution is -2.52. The minimum Gasteiger partial charge on any atom is -0.287 e. The first kappa shape index (κ1) is 15.7. The highest BCUT2D eigenvalue weighted by Crippen LogP contribution is 2.53. The highest BCUT2D eigenvalue weighted by Gasteiger charge is 2.54. The molecule has 2 aromatic rings. The Morgan fingerprint density at radius 1 is 1.04 bits per heavy atom. The number of anilines is 1. The van der Waals surface area contributed by atoms with Crippen molar-refractivity contribution in [1.29, 1.82) is 0 Å². The van der Waals surface area contributed by atoms with Crippen molar-refractivity contribution < 1.29 is 13.6 Å². The second-order valence-corrected chi connectivity index (χ2v) is 7.55. The first-order valence-electron chi connectivity index (χ1n) is 9.04. The van der Waals surface area contributed by atoms with Crippen LogP contribution in [0.4, 0.5) is 14.5 Å². The molecule has 1 heterocycles. The summed E-state index contributed by atoms with van der Waals surface area (Å²) < 4.78 is 27.7. The molecule has 0 aromatic heterocycles. The molecule has 2 atom stereocenters. The van der Waals surface area contributed by atoms with Gasteiger partial charge in [0.25, 0.3) is 0 Å². The molecule has 0 saturated heterocycles. The summed E-state index contributed by atoms with van der Waals surface area (Å²) in [5, 5.41) is 6.23. The van der Waals surface area contributed by atoms with Crippen molar-refractivity contribution in [3.63, 3.8) is 0 Å². The maximum absolute atomic E-state index is 14.4. The average molecular weight is 352 g/mol. The smallest absolute Gasteiger partial charge is 0.209 e. The predicted molar refractivity (Wildman–Crippen MR) is 95.2 cm³/mol. The third kappa shape index (κ3) is 2.30. The summed E-state index contributed by atoms with van der Waals surface area (Å²) >= 11 is 0. The molecule has 2 bridgehead atoms. The Hall–Kier alpha value is -2.56. The average Bonchev–Trinajstić information content (AvgIpc) is 3.01. The summed E-state index contributed by atoms with van der Waals surface area (Å²) in [6.07, 6.45) is 3.11. The number of hydrogen-bond donors (Lipinski definition) is 0. The number of hydrogen-bond acceptors (Lipinski definition) is 3. The molecule has 3 nitrogen and oxygen atoms in total. The number of carbonyl (C=O) groups is 1. The van der Waals surface area contributed by atoms with E-state index in [1.807, 2.05) is 18.2 Å². The van der Waals surface area contributed by atoms with Crippen LogP contribution in [0.1, 0.15) is 29.6 Å². The molecular formula is C21H18F2N2O. The Bertz CT molecular complexity index is 905. The first-order chi connectivity index (χ1) is 12.6. The van der Waals surface area contributed by atoms with Crippen molar-refractivity contribution in [1.82, 2.24) is 0 Å². The number of ketones is 1. The van der Waals surface area contributed by atoms with E-state index in [2.05, 4.69) is 5.10 Å². The Morgan fingerprint density at radius 2 is 1.81 bits per heavy atom. The number of benzene rings is 2. The van der Waals surface area contributed by atoms with E-state index in [1.165, 1.54) is 12.1 Å². The molecule has 0 spiro atoms. The molecule has 132 valence electrons. The molecule has 2 aromatic carbocycles. The van der Waals surface area contributed by atoms with Crippen molar-refractivity contribution in [3.05, 3.63) is 65.7 Å². The van der Waals surface area contributed by atoms with Gasteiger partial charge in [-0.2, -0.15) is 5.10 Å². The van der Waals surface area contributed by atoms with E-state index < -0.39 is 11.6 Å². The van der Waals surface area contributed by atoms with Crippen molar-refractivity contribution >= 4 is 17.2 Å². The molecule has 2 unspecified atom stereocenters. The van der Waals surface area contributed by atoms with Gasteiger partial charge in [-0.1, -0.05) is 30.3 Å². The summed E-state index contributed by atoms with van der Waals surface area (Å²) in [5.74, 6) is -0.279. The van der Waals surface area contributed by atoms with Crippen LogP contribution >= 0.6 is 0 Å². The van der Waals surface area contributed by atoms with E-state index in [1.54, 1.807) is 17.1 Å². The fourth-order valence-corrected chi connectivity index (χ4v) is 4.82. The van der Waals surface area contributed by atoms with Crippen molar-refractivity contribution in [2.24, 2.45) is 22.9 Å². The number of hydrazone groups is 1. The zero-order valence-corrected chi connectivity index (χ0v) is 14.1. The van der Waals surface area contributed by atoms with E-state index in [4.69, 9.17) is 0 Å². The standard InChI is InChI=1S/C21H18F2N2O/c22-15-6-7-18(17(23)11-15)25-20-14-8-12(9-14)10-16(20)19(24-25)21(26)13-4-2-1-3-5-13/h1-7,11-12,14,16,20H,8-10H2. The zero-order chi connectivity index (χ0) is 17.8. The summed E-state index contributed by atoms with van der Waals surface area (Å²) in [6, 6.07) is 12.6. The molecule has 4 aliphatic rings. The lowest BCUT2D eigenvalue weighted by Gasteiger charge is -2.50. The summed E-state index contributed by atoms with van der Waals surface area (Å²) in [7, 11) is 0. The van der Waals surface area contributed by atoms with Crippen LogP contribution in [-0.2, 0) is 0 Å². The predicted octanol–water partition coefficient (Wildman–Crippen LogP) is 4.44. The van der Waals surface area contributed by atoms with E-state index in [0.29, 0.717) is 23.1 Å². The Balaban J connectivity index is 1.57. The van der Waals surface area contributed by atoms with Crippen LogP contribution in [0.2, 0.25) is 0 Å². The lowest BCUT2D eigenvalue weighted by molar-refractivity contribution is 0.0688. The van der Waals surface area contributed by atoms with Crippen LogP contribution in [0.15, 0.2) is 53.6 Å². The van der Waals surface area contributed by atoms with Crippen LogP contribution in [0.25, 0.3) is 0 Å². The summed E-state index contributed by atoms with van der Waals surface area (Å²) in [6.45, 7) is 0. The van der Waals surface area contributed by atoms with Crippen molar-refractivity contribution in [2.45, 2.75) is 25.3 Å². The molecule has 6 rings (SSSR count).